The van der Waals surface area contributed by atoms with Gasteiger partial charge in [0.25, 0.3) is 11.1 Å². The fourth-order valence-electron chi connectivity index (χ4n) is 2.47. The van der Waals surface area contributed by atoms with Gasteiger partial charge in [0.15, 0.2) is 11.5 Å². The molecule has 0 unspecified atom stereocenters. The van der Waals surface area contributed by atoms with Crippen LogP contribution in [0, 0.1) is 0 Å². The van der Waals surface area contributed by atoms with Gasteiger partial charge in [-0.1, -0.05) is 13.0 Å². The van der Waals surface area contributed by atoms with Crippen LogP contribution < -0.4 is 14.8 Å². The summed E-state index contributed by atoms with van der Waals surface area (Å²) in [5, 5.41) is 2.37. The molecule has 2 heterocycles. The Kier molecular flexibility index (Phi) is 5.28. The molecule has 1 fully saturated rings. The van der Waals surface area contributed by atoms with Crippen molar-refractivity contribution in [3.05, 3.63) is 28.7 Å². The van der Waals surface area contributed by atoms with Crippen LogP contribution in [-0.2, 0) is 9.59 Å². The molecule has 1 aromatic carbocycles. The summed E-state index contributed by atoms with van der Waals surface area (Å²) in [6.45, 7) is 2.52. The van der Waals surface area contributed by atoms with Crippen LogP contribution in [0.3, 0.4) is 0 Å². The Hall–Kier alpha value is -2.48. The molecular weight excluding hydrogens is 344 g/mol. The number of hydrogen-bond donors (Lipinski definition) is 1. The first-order valence-corrected chi connectivity index (χ1v) is 8.82. The zero-order valence-corrected chi connectivity index (χ0v) is 14.6. The first-order valence-electron chi connectivity index (χ1n) is 8.00. The Labute approximate surface area is 149 Å². The Bertz CT molecular complexity index is 747. The van der Waals surface area contributed by atoms with E-state index in [-0.39, 0.29) is 36.9 Å². The summed E-state index contributed by atoms with van der Waals surface area (Å²) in [5.74, 6) is 0.850. The van der Waals surface area contributed by atoms with E-state index in [1.165, 1.54) is 0 Å². The predicted molar refractivity (Wildman–Crippen MR) is 93.2 cm³/mol. The number of hydrogen-bond acceptors (Lipinski definition) is 6. The molecule has 0 aliphatic carbocycles. The molecule has 0 bridgehead atoms. The van der Waals surface area contributed by atoms with Crippen molar-refractivity contribution in [2.45, 2.75) is 19.8 Å². The number of fused-ring (bicyclic) bond motifs is 1. The zero-order chi connectivity index (χ0) is 17.8. The summed E-state index contributed by atoms with van der Waals surface area (Å²) < 4.78 is 10.6. The Morgan fingerprint density at radius 1 is 1.32 bits per heavy atom. The molecule has 25 heavy (non-hydrogen) atoms. The monoisotopic (exact) mass is 362 g/mol. The van der Waals surface area contributed by atoms with Crippen LogP contribution in [0.2, 0.25) is 0 Å². The number of carbonyl (C=O) groups excluding carboxylic acids is 3. The number of benzene rings is 1. The van der Waals surface area contributed by atoms with Gasteiger partial charge >= 0.3 is 0 Å². The van der Waals surface area contributed by atoms with Gasteiger partial charge in [-0.05, 0) is 42.0 Å². The Balaban J connectivity index is 1.63. The maximum Gasteiger partial charge on any atom is 0.293 e. The normalized spacial score (nSPS) is 17.5. The molecule has 8 heteroatoms. The van der Waals surface area contributed by atoms with E-state index in [1.807, 2.05) is 6.92 Å². The number of imide groups is 1. The van der Waals surface area contributed by atoms with Crippen molar-refractivity contribution < 1.29 is 23.9 Å². The van der Waals surface area contributed by atoms with Gasteiger partial charge in [-0.3, -0.25) is 19.3 Å². The quantitative estimate of drug-likeness (QED) is 0.782. The highest BCUT2D eigenvalue weighted by molar-refractivity contribution is 8.18. The minimum absolute atomic E-state index is 0.0784. The van der Waals surface area contributed by atoms with Gasteiger partial charge in [-0.25, -0.2) is 0 Å². The summed E-state index contributed by atoms with van der Waals surface area (Å²) in [4.78, 5) is 37.4. The fourth-order valence-corrected chi connectivity index (χ4v) is 3.33. The van der Waals surface area contributed by atoms with Crippen molar-refractivity contribution in [1.82, 2.24) is 10.2 Å². The number of ether oxygens (including phenoxy) is 2. The van der Waals surface area contributed by atoms with Crippen molar-refractivity contribution >= 4 is 34.9 Å². The molecule has 0 radical (unpaired) electrons. The van der Waals surface area contributed by atoms with Crippen LogP contribution in [0.1, 0.15) is 25.3 Å². The van der Waals surface area contributed by atoms with E-state index >= 15 is 0 Å². The lowest BCUT2D eigenvalue weighted by Gasteiger charge is -2.12. The molecule has 2 aliphatic rings. The number of rotatable bonds is 6. The second-order valence-corrected chi connectivity index (χ2v) is 6.54. The molecule has 1 N–H and O–H groups in total. The van der Waals surface area contributed by atoms with Crippen molar-refractivity contribution in [3.63, 3.8) is 0 Å². The van der Waals surface area contributed by atoms with Crippen LogP contribution in [0.5, 0.6) is 11.5 Å². The van der Waals surface area contributed by atoms with Crippen LogP contribution in [0.4, 0.5) is 4.79 Å². The lowest BCUT2D eigenvalue weighted by atomic mass is 10.2. The van der Waals surface area contributed by atoms with Crippen molar-refractivity contribution in [2.75, 3.05) is 19.9 Å². The van der Waals surface area contributed by atoms with Gasteiger partial charge in [0, 0.05) is 19.5 Å². The largest absolute Gasteiger partial charge is 0.454 e. The van der Waals surface area contributed by atoms with E-state index in [0.29, 0.717) is 22.8 Å². The molecule has 0 atom stereocenters. The van der Waals surface area contributed by atoms with Gasteiger partial charge < -0.3 is 14.8 Å². The standard InChI is InChI=1S/C17H18N2O5S/c1-2-3-15(20)18-6-7-19-16(21)14(25-17(19)22)9-11-4-5-12-13(8-11)24-10-23-12/h4-5,8-9H,2-3,6-7,10H2,1H3,(H,18,20)/b14-9+. The smallest absolute Gasteiger partial charge is 0.293 e. The molecule has 0 aromatic heterocycles. The minimum Gasteiger partial charge on any atom is -0.454 e. The minimum atomic E-state index is -0.350. The highest BCUT2D eigenvalue weighted by atomic mass is 32.2. The average Bonchev–Trinajstić information content (AvgIpc) is 3.14. The maximum atomic E-state index is 12.4. The highest BCUT2D eigenvalue weighted by Crippen LogP contribution is 2.36. The van der Waals surface area contributed by atoms with E-state index in [4.69, 9.17) is 9.47 Å². The molecule has 1 aromatic rings. The Morgan fingerprint density at radius 3 is 2.92 bits per heavy atom. The molecule has 1 saturated heterocycles. The number of nitrogens with zero attached hydrogens (tertiary/aromatic N) is 1. The zero-order valence-electron chi connectivity index (χ0n) is 13.7. The molecule has 3 rings (SSSR count). The van der Waals surface area contributed by atoms with Crippen molar-refractivity contribution in [1.29, 1.82) is 0 Å². The van der Waals surface area contributed by atoms with Gasteiger partial charge in [0.2, 0.25) is 12.7 Å². The second kappa shape index (κ2) is 7.60. The predicted octanol–water partition coefficient (Wildman–Crippen LogP) is 2.37. The third-order valence-electron chi connectivity index (χ3n) is 3.70. The van der Waals surface area contributed by atoms with E-state index in [1.54, 1.807) is 24.3 Å². The summed E-state index contributed by atoms with van der Waals surface area (Å²) in [6, 6.07) is 5.33. The van der Waals surface area contributed by atoms with Crippen molar-refractivity contribution in [2.24, 2.45) is 0 Å². The average molecular weight is 362 g/mol. The number of carbonyl (C=O) groups is 3. The SMILES string of the molecule is CCCC(=O)NCCN1C(=O)S/C(=C/c2ccc3c(c2)OCO3)C1=O. The topological polar surface area (TPSA) is 84.9 Å². The molecule has 3 amide bonds. The number of amides is 3. The van der Waals surface area contributed by atoms with E-state index < -0.39 is 0 Å². The van der Waals surface area contributed by atoms with E-state index in [9.17, 15) is 14.4 Å². The first kappa shape index (κ1) is 17.3. The molecule has 7 nitrogen and oxygen atoms in total. The van der Waals surface area contributed by atoms with Crippen LogP contribution in [0.15, 0.2) is 23.1 Å². The molecule has 132 valence electrons. The molecule has 0 saturated carbocycles. The maximum absolute atomic E-state index is 12.4. The molecule has 2 aliphatic heterocycles. The van der Waals surface area contributed by atoms with Gasteiger partial charge in [-0.2, -0.15) is 0 Å². The molecule has 0 spiro atoms. The van der Waals surface area contributed by atoms with E-state index in [2.05, 4.69) is 5.32 Å². The summed E-state index contributed by atoms with van der Waals surface area (Å²) in [6.07, 6.45) is 2.85. The summed E-state index contributed by atoms with van der Waals surface area (Å²) >= 11 is 0.893. The lowest BCUT2D eigenvalue weighted by Crippen LogP contribution is -2.37. The van der Waals surface area contributed by atoms with Crippen molar-refractivity contribution in [3.8, 4) is 11.5 Å². The lowest BCUT2D eigenvalue weighted by molar-refractivity contribution is -0.124. The van der Waals surface area contributed by atoms with Gasteiger partial charge in [-0.15, -0.1) is 0 Å². The first-order chi connectivity index (χ1) is 12.1. The molecular formula is C17H18N2O5S. The van der Waals surface area contributed by atoms with Crippen LogP contribution >= 0.6 is 11.8 Å². The van der Waals surface area contributed by atoms with Gasteiger partial charge in [0.1, 0.15) is 0 Å². The number of nitrogens with one attached hydrogen (secondary N) is 1. The summed E-state index contributed by atoms with van der Waals surface area (Å²) in [5.41, 5.74) is 0.756. The van der Waals surface area contributed by atoms with Crippen LogP contribution in [0.25, 0.3) is 6.08 Å². The van der Waals surface area contributed by atoms with E-state index in [0.717, 1.165) is 28.6 Å². The van der Waals surface area contributed by atoms with Gasteiger partial charge in [0.05, 0.1) is 4.91 Å². The fraction of sp³-hybridized carbons (Fsp3) is 0.353. The highest BCUT2D eigenvalue weighted by Gasteiger charge is 2.34. The summed E-state index contributed by atoms with van der Waals surface area (Å²) in [7, 11) is 0. The third kappa shape index (κ3) is 3.96. The third-order valence-corrected chi connectivity index (χ3v) is 4.61. The second-order valence-electron chi connectivity index (χ2n) is 5.55. The number of thioether (sulfide) groups is 1. The Morgan fingerprint density at radius 2 is 2.12 bits per heavy atom. The van der Waals surface area contributed by atoms with Crippen LogP contribution in [-0.4, -0.2) is 41.8 Å².